The maximum atomic E-state index is 6.19. The normalized spacial score (nSPS) is 10.6. The highest BCUT2D eigenvalue weighted by Crippen LogP contribution is 2.25. The van der Waals surface area contributed by atoms with Crippen molar-refractivity contribution in [2.24, 2.45) is 0 Å². The van der Waals surface area contributed by atoms with Crippen LogP contribution in [0, 0.1) is 13.8 Å². The summed E-state index contributed by atoms with van der Waals surface area (Å²) in [6.45, 7) is 6.00. The van der Waals surface area contributed by atoms with Gasteiger partial charge in [0.15, 0.2) is 0 Å². The summed E-state index contributed by atoms with van der Waals surface area (Å²) >= 11 is 6.19. The summed E-state index contributed by atoms with van der Waals surface area (Å²) in [5, 5.41) is 4.17. The minimum atomic E-state index is 0.582. The second-order valence-corrected chi connectivity index (χ2v) is 7.49. The van der Waals surface area contributed by atoms with E-state index in [0.717, 1.165) is 59.3 Å². The molecule has 4 heteroatoms. The zero-order chi connectivity index (χ0) is 20.5. The highest BCUT2D eigenvalue weighted by Gasteiger charge is 2.03. The molecular formula is C25H28ClNO2. The van der Waals surface area contributed by atoms with Crippen LogP contribution in [0.1, 0.15) is 23.1 Å². The number of benzene rings is 3. The third-order valence-corrected chi connectivity index (χ3v) is 5.28. The van der Waals surface area contributed by atoms with Gasteiger partial charge in [-0.25, -0.2) is 0 Å². The van der Waals surface area contributed by atoms with Crippen LogP contribution in [0.4, 0.5) is 5.69 Å². The first-order chi connectivity index (χ1) is 14.1. The summed E-state index contributed by atoms with van der Waals surface area (Å²) in [5.41, 5.74) is 4.47. The molecule has 0 bridgehead atoms. The molecule has 0 amide bonds. The molecule has 3 nitrogen and oxygen atoms in total. The molecule has 3 aromatic rings. The number of rotatable bonds is 10. The number of nitrogens with one attached hydrogen (secondary N) is 1. The Bertz CT molecular complexity index is 871. The molecule has 152 valence electrons. The quantitative estimate of drug-likeness (QED) is 0.390. The van der Waals surface area contributed by atoms with Gasteiger partial charge in [0.1, 0.15) is 18.1 Å². The van der Waals surface area contributed by atoms with Crippen molar-refractivity contribution in [3.63, 3.8) is 0 Å². The zero-order valence-electron chi connectivity index (χ0n) is 17.1. The summed E-state index contributed by atoms with van der Waals surface area (Å²) in [6.07, 6.45) is 2.04. The highest BCUT2D eigenvalue weighted by molar-refractivity contribution is 6.32. The van der Waals surface area contributed by atoms with Gasteiger partial charge in [0.2, 0.25) is 0 Å². The molecule has 3 rings (SSSR count). The van der Waals surface area contributed by atoms with Crippen molar-refractivity contribution >= 4 is 17.3 Å². The Morgan fingerprint density at radius 3 is 2.14 bits per heavy atom. The molecule has 0 saturated heterocycles. The highest BCUT2D eigenvalue weighted by atomic mass is 35.5. The monoisotopic (exact) mass is 409 g/mol. The Balaban J connectivity index is 1.35. The van der Waals surface area contributed by atoms with Gasteiger partial charge >= 0.3 is 0 Å². The molecule has 29 heavy (non-hydrogen) atoms. The van der Waals surface area contributed by atoms with Gasteiger partial charge in [0.05, 0.1) is 6.61 Å². The third kappa shape index (κ3) is 6.72. The van der Waals surface area contributed by atoms with Crippen molar-refractivity contribution in [3.05, 3.63) is 88.4 Å². The fourth-order valence-corrected chi connectivity index (χ4v) is 3.24. The number of aryl methyl sites for hydroxylation is 3. The van der Waals surface area contributed by atoms with E-state index in [1.54, 1.807) is 0 Å². The van der Waals surface area contributed by atoms with Gasteiger partial charge in [-0.3, -0.25) is 0 Å². The van der Waals surface area contributed by atoms with Crippen LogP contribution >= 0.6 is 11.6 Å². The lowest BCUT2D eigenvalue weighted by Crippen LogP contribution is -2.11. The minimum Gasteiger partial charge on any atom is -0.494 e. The predicted octanol–water partition coefficient (Wildman–Crippen LogP) is 6.46. The number of anilines is 1. The van der Waals surface area contributed by atoms with Crippen molar-refractivity contribution in [1.29, 1.82) is 0 Å². The van der Waals surface area contributed by atoms with E-state index in [4.69, 9.17) is 21.1 Å². The van der Waals surface area contributed by atoms with Gasteiger partial charge in [-0.1, -0.05) is 41.9 Å². The zero-order valence-corrected chi connectivity index (χ0v) is 17.8. The Hall–Kier alpha value is -2.65. The molecular weight excluding hydrogens is 382 g/mol. The van der Waals surface area contributed by atoms with Crippen LogP contribution in [0.25, 0.3) is 0 Å². The number of halogens is 1. The lowest BCUT2D eigenvalue weighted by Gasteiger charge is -2.12. The SMILES string of the molecule is Cc1cc(OCCNc2ccc(OCCCc3ccccc3)cc2)cc(C)c1Cl. The molecule has 0 unspecified atom stereocenters. The molecule has 0 aliphatic heterocycles. The fourth-order valence-electron chi connectivity index (χ4n) is 3.13. The average Bonchev–Trinajstić information content (AvgIpc) is 2.74. The molecule has 0 aromatic heterocycles. The van der Waals surface area contributed by atoms with Crippen molar-refractivity contribution in [1.82, 2.24) is 0 Å². The second-order valence-electron chi connectivity index (χ2n) is 7.11. The molecule has 1 N–H and O–H groups in total. The molecule has 0 heterocycles. The fraction of sp³-hybridized carbons (Fsp3) is 0.280. The van der Waals surface area contributed by atoms with Gasteiger partial charge in [0.25, 0.3) is 0 Å². The summed E-state index contributed by atoms with van der Waals surface area (Å²) in [4.78, 5) is 0. The van der Waals surface area contributed by atoms with E-state index in [1.807, 2.05) is 56.3 Å². The van der Waals surface area contributed by atoms with E-state index in [0.29, 0.717) is 6.61 Å². The third-order valence-electron chi connectivity index (χ3n) is 4.69. The van der Waals surface area contributed by atoms with E-state index in [9.17, 15) is 0 Å². The van der Waals surface area contributed by atoms with E-state index in [-0.39, 0.29) is 0 Å². The summed E-state index contributed by atoms with van der Waals surface area (Å²) in [7, 11) is 0. The van der Waals surface area contributed by atoms with Crippen molar-refractivity contribution in [2.45, 2.75) is 26.7 Å². The van der Waals surface area contributed by atoms with Crippen molar-refractivity contribution in [3.8, 4) is 11.5 Å². The number of ether oxygens (including phenoxy) is 2. The standard InChI is InChI=1S/C25H28ClNO2/c1-19-17-24(18-20(2)25(19)26)29-16-14-27-22-10-12-23(13-11-22)28-15-6-9-21-7-4-3-5-8-21/h3-5,7-8,10-13,17-18,27H,6,9,14-16H2,1-2H3. The lowest BCUT2D eigenvalue weighted by atomic mass is 10.1. The Labute approximate surface area is 178 Å². The van der Waals surface area contributed by atoms with Crippen molar-refractivity contribution < 1.29 is 9.47 Å². The van der Waals surface area contributed by atoms with Crippen LogP contribution in [-0.4, -0.2) is 19.8 Å². The lowest BCUT2D eigenvalue weighted by molar-refractivity contribution is 0.311. The van der Waals surface area contributed by atoms with E-state index in [1.165, 1.54) is 5.56 Å². The largest absolute Gasteiger partial charge is 0.494 e. The molecule has 0 atom stereocenters. The van der Waals surface area contributed by atoms with Gasteiger partial charge in [-0.2, -0.15) is 0 Å². The smallest absolute Gasteiger partial charge is 0.120 e. The maximum Gasteiger partial charge on any atom is 0.120 e. The predicted molar refractivity (Wildman–Crippen MR) is 122 cm³/mol. The molecule has 0 spiro atoms. The van der Waals surface area contributed by atoms with E-state index >= 15 is 0 Å². The first-order valence-electron chi connectivity index (χ1n) is 10.0. The Morgan fingerprint density at radius 2 is 1.45 bits per heavy atom. The Kier molecular flexibility index (Phi) is 7.83. The second kappa shape index (κ2) is 10.8. The molecule has 0 aliphatic carbocycles. The first kappa shape index (κ1) is 21.1. The summed E-state index contributed by atoms with van der Waals surface area (Å²) < 4.78 is 11.7. The van der Waals surface area contributed by atoms with Gasteiger partial charge in [-0.05, 0) is 79.8 Å². The van der Waals surface area contributed by atoms with E-state index in [2.05, 4.69) is 29.6 Å². The Morgan fingerprint density at radius 1 is 0.793 bits per heavy atom. The molecule has 0 saturated carbocycles. The van der Waals surface area contributed by atoms with Crippen LogP contribution in [0.3, 0.4) is 0 Å². The van der Waals surface area contributed by atoms with Gasteiger partial charge in [0, 0.05) is 17.3 Å². The number of hydrogen-bond acceptors (Lipinski definition) is 3. The molecule has 0 radical (unpaired) electrons. The molecule has 3 aromatic carbocycles. The molecule has 0 aliphatic rings. The van der Waals surface area contributed by atoms with Crippen LogP contribution in [0.2, 0.25) is 5.02 Å². The van der Waals surface area contributed by atoms with Crippen LogP contribution in [0.5, 0.6) is 11.5 Å². The van der Waals surface area contributed by atoms with Gasteiger partial charge in [-0.15, -0.1) is 0 Å². The van der Waals surface area contributed by atoms with Crippen LogP contribution < -0.4 is 14.8 Å². The number of hydrogen-bond donors (Lipinski definition) is 1. The summed E-state index contributed by atoms with van der Waals surface area (Å²) in [5.74, 6) is 1.75. The minimum absolute atomic E-state index is 0.582. The van der Waals surface area contributed by atoms with Crippen LogP contribution in [-0.2, 0) is 6.42 Å². The van der Waals surface area contributed by atoms with Crippen LogP contribution in [0.15, 0.2) is 66.7 Å². The molecule has 0 fully saturated rings. The average molecular weight is 410 g/mol. The van der Waals surface area contributed by atoms with E-state index < -0.39 is 0 Å². The maximum absolute atomic E-state index is 6.19. The van der Waals surface area contributed by atoms with Gasteiger partial charge < -0.3 is 14.8 Å². The van der Waals surface area contributed by atoms with Crippen molar-refractivity contribution in [2.75, 3.05) is 25.1 Å². The summed E-state index contributed by atoms with van der Waals surface area (Å²) in [6, 6.07) is 22.5. The first-order valence-corrected chi connectivity index (χ1v) is 10.4. The topological polar surface area (TPSA) is 30.5 Å².